The SMILES string of the molecule is CN1C(C(=O)Nc2ncc(CO[Si](C)(C)C(C)(C)C)s2)=C(O)c2ccccc2S1(=O)=O. The zero-order valence-electron chi connectivity index (χ0n) is 18.4. The molecular formula is C20H27N3O5S2Si. The van der Waals surface area contributed by atoms with E-state index in [0.717, 1.165) is 9.18 Å². The van der Waals surface area contributed by atoms with E-state index < -0.39 is 30.0 Å². The fourth-order valence-electron chi connectivity index (χ4n) is 2.74. The first kappa shape index (κ1) is 23.5. The molecule has 0 fully saturated rings. The van der Waals surface area contributed by atoms with E-state index in [0.29, 0.717) is 11.7 Å². The Morgan fingerprint density at radius 1 is 1.29 bits per heavy atom. The quantitative estimate of drug-likeness (QED) is 0.621. The largest absolute Gasteiger partial charge is 0.505 e. The fourth-order valence-corrected chi connectivity index (χ4v) is 5.91. The van der Waals surface area contributed by atoms with Crippen LogP contribution in [-0.4, -0.2) is 44.1 Å². The van der Waals surface area contributed by atoms with E-state index in [4.69, 9.17) is 4.43 Å². The van der Waals surface area contributed by atoms with Gasteiger partial charge in [0.1, 0.15) is 0 Å². The number of hydrogen-bond acceptors (Lipinski definition) is 7. The first-order valence-corrected chi connectivity index (χ1v) is 14.8. The Labute approximate surface area is 187 Å². The number of aromatic nitrogens is 1. The van der Waals surface area contributed by atoms with E-state index >= 15 is 0 Å². The van der Waals surface area contributed by atoms with Gasteiger partial charge in [-0.25, -0.2) is 13.4 Å². The maximum absolute atomic E-state index is 12.9. The van der Waals surface area contributed by atoms with Gasteiger partial charge in [-0.1, -0.05) is 44.2 Å². The number of aliphatic hydroxyl groups excluding tert-OH is 1. The molecule has 2 N–H and O–H groups in total. The molecule has 8 nitrogen and oxygen atoms in total. The minimum atomic E-state index is -3.95. The molecule has 1 aliphatic rings. The summed E-state index contributed by atoms with van der Waals surface area (Å²) in [5, 5.41) is 13.6. The number of carbonyl (C=O) groups excluding carboxylic acids is 1. The van der Waals surface area contributed by atoms with E-state index in [-0.39, 0.29) is 21.2 Å². The third kappa shape index (κ3) is 4.40. The molecule has 0 radical (unpaired) electrons. The molecule has 2 aromatic rings. The molecule has 168 valence electrons. The van der Waals surface area contributed by atoms with Crippen LogP contribution in [0.3, 0.4) is 0 Å². The highest BCUT2D eigenvalue weighted by Crippen LogP contribution is 2.38. The first-order valence-electron chi connectivity index (χ1n) is 9.67. The number of hydrogen-bond donors (Lipinski definition) is 2. The predicted octanol–water partition coefficient (Wildman–Crippen LogP) is 4.16. The number of fused-ring (bicyclic) bond motifs is 1. The van der Waals surface area contributed by atoms with Gasteiger partial charge >= 0.3 is 0 Å². The second-order valence-electron chi connectivity index (χ2n) is 8.80. The van der Waals surface area contributed by atoms with Gasteiger partial charge in [0.2, 0.25) is 0 Å². The number of nitrogens with zero attached hydrogens (tertiary/aromatic N) is 2. The number of amides is 1. The number of thiazole rings is 1. The van der Waals surface area contributed by atoms with Gasteiger partial charge in [0.25, 0.3) is 15.9 Å². The lowest BCUT2D eigenvalue weighted by molar-refractivity contribution is -0.113. The summed E-state index contributed by atoms with van der Waals surface area (Å²) in [6, 6.07) is 6.01. The van der Waals surface area contributed by atoms with Crippen LogP contribution in [-0.2, 0) is 25.9 Å². The smallest absolute Gasteiger partial charge is 0.278 e. The van der Waals surface area contributed by atoms with Crippen molar-refractivity contribution in [1.29, 1.82) is 0 Å². The summed E-state index contributed by atoms with van der Waals surface area (Å²) >= 11 is 1.25. The van der Waals surface area contributed by atoms with Crippen molar-refractivity contribution in [2.24, 2.45) is 0 Å². The molecule has 0 spiro atoms. The summed E-state index contributed by atoms with van der Waals surface area (Å²) in [6.07, 6.45) is 1.62. The number of carbonyl (C=O) groups is 1. The highest BCUT2D eigenvalue weighted by Gasteiger charge is 2.38. The lowest BCUT2D eigenvalue weighted by Gasteiger charge is -2.35. The number of nitrogens with one attached hydrogen (secondary N) is 1. The third-order valence-electron chi connectivity index (χ3n) is 5.69. The summed E-state index contributed by atoms with van der Waals surface area (Å²) in [5.41, 5.74) is -0.263. The van der Waals surface area contributed by atoms with Crippen LogP contribution >= 0.6 is 11.3 Å². The van der Waals surface area contributed by atoms with Gasteiger partial charge in [0.05, 0.1) is 16.4 Å². The molecule has 0 bridgehead atoms. The van der Waals surface area contributed by atoms with Crippen LogP contribution in [0.4, 0.5) is 5.13 Å². The second kappa shape index (κ2) is 8.04. The fraction of sp³-hybridized carbons (Fsp3) is 0.400. The Hall–Kier alpha value is -2.21. The molecule has 0 saturated heterocycles. The van der Waals surface area contributed by atoms with Gasteiger partial charge in [0, 0.05) is 18.8 Å². The van der Waals surface area contributed by atoms with Gasteiger partial charge in [0.15, 0.2) is 24.9 Å². The van der Waals surface area contributed by atoms with Crippen molar-refractivity contribution in [3.05, 3.63) is 46.6 Å². The molecule has 31 heavy (non-hydrogen) atoms. The van der Waals surface area contributed by atoms with Gasteiger partial charge in [-0.3, -0.25) is 14.4 Å². The van der Waals surface area contributed by atoms with Gasteiger partial charge in [-0.2, -0.15) is 0 Å². The molecule has 0 atom stereocenters. The number of aliphatic hydroxyl groups is 1. The standard InChI is InChI=1S/C20H27N3O5S2Si/c1-20(2,3)31(5,6)28-12-13-11-21-19(29-13)22-18(25)16-17(24)14-9-7-8-10-15(14)30(26,27)23(16)4/h7-11,24H,12H2,1-6H3,(H,21,22,25). The maximum atomic E-state index is 12.9. The molecule has 1 amide bonds. The van der Waals surface area contributed by atoms with Crippen LogP contribution in [0.15, 0.2) is 41.1 Å². The summed E-state index contributed by atoms with van der Waals surface area (Å²) < 4.78 is 32.5. The Bertz CT molecular complexity index is 1150. The number of likely N-dealkylation sites (N-methyl/N-ethyl adjacent to an activating group) is 1. The van der Waals surface area contributed by atoms with Gasteiger partial charge in [-0.15, -0.1) is 0 Å². The number of benzene rings is 1. The Balaban J connectivity index is 1.80. The first-order chi connectivity index (χ1) is 14.3. The average molecular weight is 482 g/mol. The molecule has 0 unspecified atom stereocenters. The van der Waals surface area contributed by atoms with E-state index in [2.05, 4.69) is 44.2 Å². The zero-order chi connectivity index (χ0) is 23.2. The van der Waals surface area contributed by atoms with Crippen LogP contribution in [0.5, 0.6) is 0 Å². The van der Waals surface area contributed by atoms with Crippen LogP contribution < -0.4 is 5.32 Å². The highest BCUT2D eigenvalue weighted by molar-refractivity contribution is 7.89. The lowest BCUT2D eigenvalue weighted by Crippen LogP contribution is -2.40. The number of sulfonamides is 1. The maximum Gasteiger partial charge on any atom is 0.278 e. The van der Waals surface area contributed by atoms with Crippen molar-refractivity contribution in [1.82, 2.24) is 9.29 Å². The molecule has 1 aromatic carbocycles. The zero-order valence-corrected chi connectivity index (χ0v) is 21.0. The number of anilines is 1. The van der Waals surface area contributed by atoms with Crippen molar-refractivity contribution >= 4 is 46.5 Å². The highest BCUT2D eigenvalue weighted by atomic mass is 32.2. The van der Waals surface area contributed by atoms with Crippen LogP contribution in [0.25, 0.3) is 5.76 Å². The van der Waals surface area contributed by atoms with Crippen LogP contribution in [0.2, 0.25) is 18.1 Å². The van der Waals surface area contributed by atoms with E-state index in [1.165, 1.54) is 30.5 Å². The van der Waals surface area contributed by atoms with E-state index in [1.54, 1.807) is 18.3 Å². The average Bonchev–Trinajstić information content (AvgIpc) is 3.12. The van der Waals surface area contributed by atoms with Crippen LogP contribution in [0.1, 0.15) is 31.2 Å². The van der Waals surface area contributed by atoms with E-state index in [1.807, 2.05) is 0 Å². The topological polar surface area (TPSA) is 109 Å². The van der Waals surface area contributed by atoms with Gasteiger partial charge in [-0.05, 0) is 30.3 Å². The second-order valence-corrected chi connectivity index (χ2v) is 16.7. The molecule has 0 aliphatic carbocycles. The van der Waals surface area contributed by atoms with Crippen molar-refractivity contribution < 1.29 is 22.7 Å². The molecule has 2 heterocycles. The summed E-state index contributed by atoms with van der Waals surface area (Å²) in [7, 11) is -4.65. The summed E-state index contributed by atoms with van der Waals surface area (Å²) in [4.78, 5) is 17.8. The molecule has 1 aromatic heterocycles. The predicted molar refractivity (Wildman–Crippen MR) is 124 cm³/mol. The van der Waals surface area contributed by atoms with Crippen molar-refractivity contribution in [2.75, 3.05) is 12.4 Å². The third-order valence-corrected chi connectivity index (χ3v) is 12.9. The van der Waals surface area contributed by atoms with Crippen LogP contribution in [0, 0.1) is 0 Å². The molecule has 11 heteroatoms. The Kier molecular flexibility index (Phi) is 6.08. The molecule has 0 saturated carbocycles. The molecular weight excluding hydrogens is 454 g/mol. The van der Waals surface area contributed by atoms with E-state index in [9.17, 15) is 18.3 Å². The minimum absolute atomic E-state index is 0.0501. The monoisotopic (exact) mass is 481 g/mol. The minimum Gasteiger partial charge on any atom is -0.505 e. The van der Waals surface area contributed by atoms with Crippen molar-refractivity contribution in [3.63, 3.8) is 0 Å². The Morgan fingerprint density at radius 3 is 2.58 bits per heavy atom. The van der Waals surface area contributed by atoms with Crippen molar-refractivity contribution in [3.8, 4) is 0 Å². The normalized spacial score (nSPS) is 16.3. The number of rotatable bonds is 5. The van der Waals surface area contributed by atoms with Crippen molar-refractivity contribution in [2.45, 2.75) is 50.4 Å². The van der Waals surface area contributed by atoms with Gasteiger partial charge < -0.3 is 9.53 Å². The molecule has 3 rings (SSSR count). The lowest BCUT2D eigenvalue weighted by atomic mass is 10.1. The summed E-state index contributed by atoms with van der Waals surface area (Å²) in [5.74, 6) is -1.16. The Morgan fingerprint density at radius 2 is 1.94 bits per heavy atom. The molecule has 1 aliphatic heterocycles. The summed E-state index contributed by atoms with van der Waals surface area (Å²) in [6.45, 7) is 11.2.